The third kappa shape index (κ3) is 3.76. The molecule has 1 aromatic heterocycles. The van der Waals surface area contributed by atoms with Gasteiger partial charge in [-0.25, -0.2) is 0 Å². The fourth-order valence-corrected chi connectivity index (χ4v) is 2.91. The molecule has 0 amide bonds. The molecule has 6 heteroatoms. The first-order valence-electron chi connectivity index (χ1n) is 7.56. The average molecular weight is 420 g/mol. The van der Waals surface area contributed by atoms with Crippen molar-refractivity contribution in [2.24, 2.45) is 10.4 Å². The average Bonchev–Trinajstić information content (AvgIpc) is 2.98. The third-order valence-electron chi connectivity index (χ3n) is 5.14. The van der Waals surface area contributed by atoms with Crippen LogP contribution >= 0.6 is 24.0 Å². The van der Waals surface area contributed by atoms with Crippen molar-refractivity contribution in [2.75, 3.05) is 20.7 Å². The van der Waals surface area contributed by atoms with Gasteiger partial charge < -0.3 is 19.9 Å². The van der Waals surface area contributed by atoms with E-state index in [1.807, 2.05) is 19.2 Å². The molecule has 0 spiro atoms. The Bertz CT molecular complexity index is 486. The van der Waals surface area contributed by atoms with Gasteiger partial charge in [-0.3, -0.25) is 4.99 Å². The topological polar surface area (TPSA) is 50.6 Å². The lowest BCUT2D eigenvalue weighted by Gasteiger charge is -2.59. The highest BCUT2D eigenvalue weighted by Crippen LogP contribution is 2.51. The number of guanidine groups is 1. The van der Waals surface area contributed by atoms with Crippen LogP contribution in [-0.4, -0.2) is 42.9 Å². The van der Waals surface area contributed by atoms with Crippen LogP contribution < -0.4 is 10.6 Å². The van der Waals surface area contributed by atoms with Crippen LogP contribution in [0.2, 0.25) is 0 Å². The standard InChI is InChI=1S/C16H28N4O.HI/c1-15(2)13(12-16(15,3)21-5)19-14(17-4)18-8-11-20-9-6-7-10-20;/h6-7,9-10,13H,8,11-12H2,1-5H3,(H2,17,18,19);1H. The van der Waals surface area contributed by atoms with Crippen molar-refractivity contribution in [3.05, 3.63) is 24.5 Å². The smallest absolute Gasteiger partial charge is 0.191 e. The zero-order valence-electron chi connectivity index (χ0n) is 14.2. The molecule has 1 saturated carbocycles. The molecule has 126 valence electrons. The van der Waals surface area contributed by atoms with Crippen LogP contribution in [0.15, 0.2) is 29.5 Å². The van der Waals surface area contributed by atoms with Crippen molar-refractivity contribution < 1.29 is 4.74 Å². The Morgan fingerprint density at radius 2 is 1.95 bits per heavy atom. The quantitative estimate of drug-likeness (QED) is 0.437. The van der Waals surface area contributed by atoms with Gasteiger partial charge in [-0.05, 0) is 25.5 Å². The predicted molar refractivity (Wildman–Crippen MR) is 102 cm³/mol. The summed E-state index contributed by atoms with van der Waals surface area (Å²) < 4.78 is 7.81. The highest BCUT2D eigenvalue weighted by molar-refractivity contribution is 14.0. The molecule has 2 rings (SSSR count). The minimum absolute atomic E-state index is 0. The lowest BCUT2D eigenvalue weighted by molar-refractivity contribution is -0.176. The van der Waals surface area contributed by atoms with Gasteiger partial charge in [0.1, 0.15) is 0 Å². The molecule has 2 unspecified atom stereocenters. The number of hydrogen-bond donors (Lipinski definition) is 2. The maximum absolute atomic E-state index is 5.66. The molecule has 1 heterocycles. The lowest BCUT2D eigenvalue weighted by Crippen LogP contribution is -2.69. The minimum atomic E-state index is -0.0609. The molecule has 1 fully saturated rings. The fourth-order valence-electron chi connectivity index (χ4n) is 2.91. The van der Waals surface area contributed by atoms with Gasteiger partial charge in [0.15, 0.2) is 5.96 Å². The first-order chi connectivity index (χ1) is 9.93. The predicted octanol–water partition coefficient (Wildman–Crippen LogP) is 2.47. The molecular weight excluding hydrogens is 391 g/mol. The summed E-state index contributed by atoms with van der Waals surface area (Å²) in [7, 11) is 3.61. The van der Waals surface area contributed by atoms with E-state index in [0.29, 0.717) is 6.04 Å². The molecule has 1 aromatic rings. The maximum Gasteiger partial charge on any atom is 0.191 e. The molecule has 2 N–H and O–H groups in total. The minimum Gasteiger partial charge on any atom is -0.378 e. The van der Waals surface area contributed by atoms with Gasteiger partial charge in [0.25, 0.3) is 0 Å². The van der Waals surface area contributed by atoms with E-state index >= 15 is 0 Å². The van der Waals surface area contributed by atoms with Crippen LogP contribution in [0, 0.1) is 5.41 Å². The summed E-state index contributed by atoms with van der Waals surface area (Å²) in [6.07, 6.45) is 5.13. The first kappa shape index (κ1) is 19.3. The monoisotopic (exact) mass is 420 g/mol. The van der Waals surface area contributed by atoms with Crippen LogP contribution in [0.3, 0.4) is 0 Å². The summed E-state index contributed by atoms with van der Waals surface area (Å²) in [6, 6.07) is 4.45. The number of ether oxygens (including phenoxy) is 1. The van der Waals surface area contributed by atoms with Crippen molar-refractivity contribution in [3.8, 4) is 0 Å². The second-order valence-electron chi connectivity index (χ2n) is 6.48. The molecule has 1 aliphatic rings. The van der Waals surface area contributed by atoms with E-state index in [2.05, 4.69) is 53.4 Å². The van der Waals surface area contributed by atoms with Gasteiger partial charge in [0.2, 0.25) is 0 Å². The number of nitrogens with zero attached hydrogens (tertiary/aromatic N) is 2. The van der Waals surface area contributed by atoms with Crippen LogP contribution in [0.25, 0.3) is 0 Å². The van der Waals surface area contributed by atoms with E-state index in [9.17, 15) is 0 Å². The molecular formula is C16H29IN4O. The molecule has 0 radical (unpaired) electrons. The zero-order valence-corrected chi connectivity index (χ0v) is 16.5. The highest BCUT2D eigenvalue weighted by Gasteiger charge is 2.57. The number of rotatable bonds is 5. The van der Waals surface area contributed by atoms with Crippen molar-refractivity contribution in [1.82, 2.24) is 15.2 Å². The summed E-state index contributed by atoms with van der Waals surface area (Å²) in [5.74, 6) is 0.860. The van der Waals surface area contributed by atoms with Gasteiger partial charge in [0.05, 0.1) is 5.60 Å². The molecule has 22 heavy (non-hydrogen) atoms. The van der Waals surface area contributed by atoms with Crippen molar-refractivity contribution in [2.45, 2.75) is 45.4 Å². The molecule has 0 bridgehead atoms. The number of nitrogens with one attached hydrogen (secondary N) is 2. The normalized spacial score (nSPS) is 26.8. The van der Waals surface area contributed by atoms with E-state index in [1.54, 1.807) is 7.11 Å². The Labute approximate surface area is 150 Å². The Morgan fingerprint density at radius 1 is 1.32 bits per heavy atom. The highest BCUT2D eigenvalue weighted by atomic mass is 127. The molecule has 2 atom stereocenters. The largest absolute Gasteiger partial charge is 0.378 e. The second-order valence-corrected chi connectivity index (χ2v) is 6.48. The molecule has 0 aliphatic heterocycles. The second kappa shape index (κ2) is 7.68. The summed E-state index contributed by atoms with van der Waals surface area (Å²) in [4.78, 5) is 4.31. The van der Waals surface area contributed by atoms with Crippen LogP contribution in [-0.2, 0) is 11.3 Å². The summed E-state index contributed by atoms with van der Waals surface area (Å²) in [5.41, 5.74) is 0.0223. The van der Waals surface area contributed by atoms with Crippen LogP contribution in [0.4, 0.5) is 0 Å². The maximum atomic E-state index is 5.66. The Balaban J connectivity index is 0.00000242. The number of aromatic nitrogens is 1. The molecule has 1 aliphatic carbocycles. The number of hydrogen-bond acceptors (Lipinski definition) is 2. The Kier molecular flexibility index (Phi) is 6.73. The van der Waals surface area contributed by atoms with Gasteiger partial charge in [-0.2, -0.15) is 0 Å². The Morgan fingerprint density at radius 3 is 2.45 bits per heavy atom. The van der Waals surface area contributed by atoms with E-state index in [0.717, 1.165) is 25.5 Å². The summed E-state index contributed by atoms with van der Waals surface area (Å²) in [6.45, 7) is 8.43. The third-order valence-corrected chi connectivity index (χ3v) is 5.14. The van der Waals surface area contributed by atoms with Crippen molar-refractivity contribution in [3.63, 3.8) is 0 Å². The SMILES string of the molecule is CN=C(NCCn1cccc1)NC1CC(C)(OC)C1(C)C.I. The van der Waals surface area contributed by atoms with E-state index in [4.69, 9.17) is 4.74 Å². The fraction of sp³-hybridized carbons (Fsp3) is 0.688. The van der Waals surface area contributed by atoms with Crippen LogP contribution in [0.5, 0.6) is 0 Å². The number of methoxy groups -OCH3 is 1. The number of halogens is 1. The van der Waals surface area contributed by atoms with E-state index in [-0.39, 0.29) is 35.0 Å². The van der Waals surface area contributed by atoms with Gasteiger partial charge in [0, 0.05) is 51.1 Å². The first-order valence-corrected chi connectivity index (χ1v) is 7.56. The Hall–Kier alpha value is -0.760. The van der Waals surface area contributed by atoms with E-state index in [1.165, 1.54) is 0 Å². The lowest BCUT2D eigenvalue weighted by atomic mass is 9.56. The summed E-state index contributed by atoms with van der Waals surface area (Å²) >= 11 is 0. The number of aliphatic imine (C=N–C) groups is 1. The van der Waals surface area contributed by atoms with Gasteiger partial charge in [-0.15, -0.1) is 24.0 Å². The van der Waals surface area contributed by atoms with Gasteiger partial charge >= 0.3 is 0 Å². The van der Waals surface area contributed by atoms with E-state index < -0.39 is 0 Å². The van der Waals surface area contributed by atoms with Crippen LogP contribution in [0.1, 0.15) is 27.2 Å². The molecule has 0 saturated heterocycles. The molecule has 5 nitrogen and oxygen atoms in total. The molecule has 0 aromatic carbocycles. The zero-order chi connectivity index (χ0) is 15.5. The summed E-state index contributed by atoms with van der Waals surface area (Å²) in [5, 5.41) is 6.88. The van der Waals surface area contributed by atoms with Crippen molar-refractivity contribution in [1.29, 1.82) is 0 Å². The van der Waals surface area contributed by atoms with Gasteiger partial charge in [-0.1, -0.05) is 13.8 Å². The van der Waals surface area contributed by atoms with Crippen molar-refractivity contribution >= 4 is 29.9 Å².